The van der Waals surface area contributed by atoms with E-state index in [4.69, 9.17) is 0 Å². The van der Waals surface area contributed by atoms with Gasteiger partial charge in [-0.05, 0) is 42.5 Å². The van der Waals surface area contributed by atoms with Crippen molar-refractivity contribution in [2.24, 2.45) is 5.10 Å². The van der Waals surface area contributed by atoms with E-state index in [1.54, 1.807) is 5.01 Å². The fourth-order valence-corrected chi connectivity index (χ4v) is 2.19. The van der Waals surface area contributed by atoms with Crippen LogP contribution in [0, 0.1) is 0 Å². The van der Waals surface area contributed by atoms with Crippen LogP contribution in [0.5, 0.6) is 11.5 Å². The molecule has 4 heteroatoms. The summed E-state index contributed by atoms with van der Waals surface area (Å²) in [7, 11) is 0. The Bertz CT molecular complexity index is 763. The van der Waals surface area contributed by atoms with E-state index < -0.39 is 0 Å². The smallest absolute Gasteiger partial charge is 0.124 e. The van der Waals surface area contributed by atoms with Crippen LogP contribution in [-0.2, 0) is 0 Å². The lowest BCUT2D eigenvalue weighted by Gasteiger charge is -2.19. The van der Waals surface area contributed by atoms with Crippen molar-refractivity contribution in [1.29, 1.82) is 0 Å². The SMILES string of the molecule is Oc1ccc(O)c(/C=N/N(c2ccccc2)c2ccccc2)c1. The third-order valence-electron chi connectivity index (χ3n) is 3.32. The zero-order chi connectivity index (χ0) is 16.1. The van der Waals surface area contributed by atoms with Gasteiger partial charge in [0.15, 0.2) is 0 Å². The van der Waals surface area contributed by atoms with Gasteiger partial charge in [0, 0.05) is 5.56 Å². The monoisotopic (exact) mass is 304 g/mol. The third kappa shape index (κ3) is 3.49. The van der Waals surface area contributed by atoms with Crippen molar-refractivity contribution in [3.8, 4) is 11.5 Å². The summed E-state index contributed by atoms with van der Waals surface area (Å²) in [5.74, 6) is 0.142. The standard InChI is InChI=1S/C19H16N2O2/c22-18-11-12-19(23)15(13-18)14-20-21(16-7-3-1-4-8-16)17-9-5-2-6-10-17/h1-14,22-23H/b20-14+. The maximum absolute atomic E-state index is 9.87. The van der Waals surface area contributed by atoms with Crippen molar-refractivity contribution in [1.82, 2.24) is 0 Å². The Morgan fingerprint density at radius 1 is 0.739 bits per heavy atom. The molecule has 0 aromatic heterocycles. The number of anilines is 2. The summed E-state index contributed by atoms with van der Waals surface area (Å²) < 4.78 is 0. The first-order valence-electron chi connectivity index (χ1n) is 7.20. The molecule has 0 unspecified atom stereocenters. The highest BCUT2D eigenvalue weighted by Crippen LogP contribution is 2.26. The number of rotatable bonds is 4. The number of para-hydroxylation sites is 2. The van der Waals surface area contributed by atoms with Crippen molar-refractivity contribution >= 4 is 17.6 Å². The van der Waals surface area contributed by atoms with Gasteiger partial charge in [-0.25, -0.2) is 5.01 Å². The molecule has 0 heterocycles. The zero-order valence-corrected chi connectivity index (χ0v) is 12.4. The molecule has 0 bridgehead atoms. The molecule has 0 aliphatic carbocycles. The third-order valence-corrected chi connectivity index (χ3v) is 3.32. The molecule has 0 atom stereocenters. The van der Waals surface area contributed by atoms with Crippen molar-refractivity contribution in [2.75, 3.05) is 5.01 Å². The Morgan fingerprint density at radius 2 is 1.30 bits per heavy atom. The average molecular weight is 304 g/mol. The first-order valence-corrected chi connectivity index (χ1v) is 7.20. The number of hydrogen-bond acceptors (Lipinski definition) is 4. The van der Waals surface area contributed by atoms with Crippen LogP contribution in [0.25, 0.3) is 0 Å². The van der Waals surface area contributed by atoms with E-state index in [2.05, 4.69) is 5.10 Å². The van der Waals surface area contributed by atoms with E-state index in [-0.39, 0.29) is 11.5 Å². The van der Waals surface area contributed by atoms with Crippen LogP contribution in [0.15, 0.2) is 84.0 Å². The van der Waals surface area contributed by atoms with Crippen LogP contribution in [0.4, 0.5) is 11.4 Å². The minimum absolute atomic E-state index is 0.0626. The predicted octanol–water partition coefficient (Wildman–Crippen LogP) is 4.27. The van der Waals surface area contributed by atoms with Crippen LogP contribution in [-0.4, -0.2) is 16.4 Å². The molecule has 0 aliphatic heterocycles. The van der Waals surface area contributed by atoms with E-state index in [1.807, 2.05) is 60.7 Å². The number of hydrazone groups is 1. The normalized spacial score (nSPS) is 10.8. The first-order chi connectivity index (χ1) is 11.2. The Balaban J connectivity index is 1.99. The minimum atomic E-state index is 0.0626. The lowest BCUT2D eigenvalue weighted by Crippen LogP contribution is -2.09. The molecule has 23 heavy (non-hydrogen) atoms. The molecular weight excluding hydrogens is 288 g/mol. The summed E-state index contributed by atoms with van der Waals surface area (Å²) in [5.41, 5.74) is 2.24. The second-order valence-corrected chi connectivity index (χ2v) is 4.97. The van der Waals surface area contributed by atoms with E-state index >= 15 is 0 Å². The van der Waals surface area contributed by atoms with Crippen molar-refractivity contribution in [3.05, 3.63) is 84.4 Å². The van der Waals surface area contributed by atoms with Crippen LogP contribution >= 0.6 is 0 Å². The molecule has 3 aromatic carbocycles. The van der Waals surface area contributed by atoms with Gasteiger partial charge in [0.25, 0.3) is 0 Å². The predicted molar refractivity (Wildman–Crippen MR) is 92.4 cm³/mol. The average Bonchev–Trinajstić information content (AvgIpc) is 2.60. The summed E-state index contributed by atoms with van der Waals surface area (Å²) in [5, 5.41) is 25.7. The molecule has 114 valence electrons. The second kappa shape index (κ2) is 6.66. The number of benzene rings is 3. The maximum Gasteiger partial charge on any atom is 0.124 e. The van der Waals surface area contributed by atoms with Gasteiger partial charge in [0.1, 0.15) is 11.5 Å². The molecule has 3 rings (SSSR count). The second-order valence-electron chi connectivity index (χ2n) is 4.97. The Hall–Kier alpha value is -3.27. The fraction of sp³-hybridized carbons (Fsp3) is 0. The van der Waals surface area contributed by atoms with E-state index in [1.165, 1.54) is 24.4 Å². The quantitative estimate of drug-likeness (QED) is 0.430. The van der Waals surface area contributed by atoms with Crippen molar-refractivity contribution < 1.29 is 10.2 Å². The number of nitrogens with zero attached hydrogens (tertiary/aromatic N) is 2. The Labute approximate surface area is 134 Å². The van der Waals surface area contributed by atoms with Gasteiger partial charge >= 0.3 is 0 Å². The molecule has 0 fully saturated rings. The van der Waals surface area contributed by atoms with Crippen LogP contribution in [0.1, 0.15) is 5.56 Å². The molecule has 0 saturated carbocycles. The molecule has 0 amide bonds. The van der Waals surface area contributed by atoms with Crippen molar-refractivity contribution in [2.45, 2.75) is 0 Å². The minimum Gasteiger partial charge on any atom is -0.508 e. The molecule has 0 radical (unpaired) electrons. The topological polar surface area (TPSA) is 56.1 Å². The zero-order valence-electron chi connectivity index (χ0n) is 12.4. The number of aromatic hydroxyl groups is 2. The highest BCUT2D eigenvalue weighted by molar-refractivity contribution is 5.85. The van der Waals surface area contributed by atoms with E-state index in [0.717, 1.165) is 11.4 Å². The first kappa shape index (κ1) is 14.7. The molecule has 2 N–H and O–H groups in total. The molecule has 0 aliphatic rings. The summed E-state index contributed by atoms with van der Waals surface area (Å²) in [6.07, 6.45) is 1.52. The van der Waals surface area contributed by atoms with Crippen LogP contribution in [0.2, 0.25) is 0 Å². The van der Waals surface area contributed by atoms with E-state index in [0.29, 0.717) is 5.56 Å². The van der Waals surface area contributed by atoms with Crippen LogP contribution in [0.3, 0.4) is 0 Å². The summed E-state index contributed by atoms with van der Waals surface area (Å²) in [6.45, 7) is 0. The maximum atomic E-state index is 9.87. The molecule has 4 nitrogen and oxygen atoms in total. The van der Waals surface area contributed by atoms with Gasteiger partial charge in [0.05, 0.1) is 17.6 Å². The van der Waals surface area contributed by atoms with Gasteiger partial charge in [0.2, 0.25) is 0 Å². The van der Waals surface area contributed by atoms with Gasteiger partial charge < -0.3 is 10.2 Å². The van der Waals surface area contributed by atoms with Gasteiger partial charge in [-0.3, -0.25) is 0 Å². The van der Waals surface area contributed by atoms with Gasteiger partial charge in [-0.1, -0.05) is 36.4 Å². The molecule has 0 saturated heterocycles. The molecule has 0 spiro atoms. The number of hydrogen-bond donors (Lipinski definition) is 2. The van der Waals surface area contributed by atoms with Gasteiger partial charge in [-0.15, -0.1) is 0 Å². The molecular formula is C19H16N2O2. The fourth-order valence-electron chi connectivity index (χ4n) is 2.19. The van der Waals surface area contributed by atoms with Crippen LogP contribution < -0.4 is 5.01 Å². The Morgan fingerprint density at radius 3 is 1.87 bits per heavy atom. The largest absolute Gasteiger partial charge is 0.508 e. The Kier molecular flexibility index (Phi) is 4.25. The number of phenols is 2. The van der Waals surface area contributed by atoms with Crippen molar-refractivity contribution in [3.63, 3.8) is 0 Å². The lowest BCUT2D eigenvalue weighted by atomic mass is 10.2. The molecule has 3 aromatic rings. The highest BCUT2D eigenvalue weighted by atomic mass is 16.3. The lowest BCUT2D eigenvalue weighted by molar-refractivity contribution is 0.459. The number of phenolic OH excluding ortho intramolecular Hbond substituents is 2. The van der Waals surface area contributed by atoms with Gasteiger partial charge in [-0.2, -0.15) is 5.10 Å². The summed E-state index contributed by atoms with van der Waals surface area (Å²) >= 11 is 0. The summed E-state index contributed by atoms with van der Waals surface area (Å²) in [4.78, 5) is 0. The summed E-state index contributed by atoms with van der Waals surface area (Å²) in [6, 6.07) is 23.8. The highest BCUT2D eigenvalue weighted by Gasteiger charge is 2.07. The van der Waals surface area contributed by atoms with E-state index in [9.17, 15) is 10.2 Å².